The van der Waals surface area contributed by atoms with Gasteiger partial charge in [-0.2, -0.15) is 0 Å². The van der Waals surface area contributed by atoms with Gasteiger partial charge in [0.15, 0.2) is 0 Å². The highest BCUT2D eigenvalue weighted by atomic mass is 19.1. The molecule has 4 nitrogen and oxygen atoms in total. The Balaban J connectivity index is 1.93. The van der Waals surface area contributed by atoms with E-state index in [1.807, 2.05) is 6.08 Å². The van der Waals surface area contributed by atoms with Crippen molar-refractivity contribution in [2.75, 3.05) is 13.7 Å². The van der Waals surface area contributed by atoms with Crippen LogP contribution in [0, 0.1) is 11.7 Å². The summed E-state index contributed by atoms with van der Waals surface area (Å²) < 4.78 is 18.1. The number of halogens is 1. The molecule has 1 aromatic rings. The first-order valence-corrected chi connectivity index (χ1v) is 6.96. The van der Waals surface area contributed by atoms with Gasteiger partial charge in [0, 0.05) is 12.1 Å². The Morgan fingerprint density at radius 3 is 2.95 bits per heavy atom. The van der Waals surface area contributed by atoms with Gasteiger partial charge in [0.2, 0.25) is 0 Å². The van der Waals surface area contributed by atoms with Crippen LogP contribution >= 0.6 is 0 Å². The minimum Gasteiger partial charge on any atom is -0.469 e. The average Bonchev–Trinajstić information content (AvgIpc) is 2.63. The van der Waals surface area contributed by atoms with Crippen molar-refractivity contribution in [1.29, 1.82) is 0 Å². The molecule has 1 saturated heterocycles. The highest BCUT2D eigenvalue weighted by Gasteiger charge is 2.36. The molecule has 1 amide bonds. The van der Waals surface area contributed by atoms with Gasteiger partial charge in [0.1, 0.15) is 5.82 Å². The topological polar surface area (TPSA) is 46.6 Å². The molecule has 110 valence electrons. The van der Waals surface area contributed by atoms with E-state index in [4.69, 9.17) is 4.74 Å². The largest absolute Gasteiger partial charge is 0.469 e. The molecule has 2 aliphatic rings. The van der Waals surface area contributed by atoms with E-state index in [2.05, 4.69) is 0 Å². The number of hydrogen-bond donors (Lipinski definition) is 0. The number of carbonyl (C=O) groups excluding carboxylic acids is 2. The molecule has 0 bridgehead atoms. The second-order valence-electron chi connectivity index (χ2n) is 5.41. The summed E-state index contributed by atoms with van der Waals surface area (Å²) in [6.07, 6.45) is 5.10. The van der Waals surface area contributed by atoms with Gasteiger partial charge in [-0.25, -0.2) is 4.39 Å². The quantitative estimate of drug-likeness (QED) is 0.745. The summed E-state index contributed by atoms with van der Waals surface area (Å²) in [4.78, 5) is 26.0. The smallest absolute Gasteiger partial charge is 0.310 e. The lowest BCUT2D eigenvalue weighted by molar-refractivity contribution is -0.147. The number of benzene rings is 1. The number of methoxy groups -OCH3 is 1. The highest BCUT2D eigenvalue weighted by Crippen LogP contribution is 2.29. The van der Waals surface area contributed by atoms with E-state index in [-0.39, 0.29) is 29.7 Å². The molecule has 0 aromatic heterocycles. The molecule has 21 heavy (non-hydrogen) atoms. The van der Waals surface area contributed by atoms with Gasteiger partial charge in [-0.1, -0.05) is 12.2 Å². The Labute approximate surface area is 122 Å². The van der Waals surface area contributed by atoms with Gasteiger partial charge in [0.25, 0.3) is 5.91 Å². The Morgan fingerprint density at radius 2 is 2.19 bits per heavy atom. The zero-order valence-corrected chi connectivity index (χ0v) is 11.7. The number of piperidine rings is 1. The number of carbonyl (C=O) groups is 2. The van der Waals surface area contributed by atoms with Crippen molar-refractivity contribution in [2.24, 2.45) is 5.92 Å². The van der Waals surface area contributed by atoms with Crippen molar-refractivity contribution in [3.8, 4) is 0 Å². The molecule has 0 saturated carbocycles. The Kier molecular flexibility index (Phi) is 3.49. The number of nitrogens with zero attached hydrogens (tertiary/aromatic N) is 1. The average molecular weight is 289 g/mol. The van der Waals surface area contributed by atoms with Crippen LogP contribution in [0.4, 0.5) is 4.39 Å². The van der Waals surface area contributed by atoms with Crippen LogP contribution in [0.5, 0.6) is 0 Å². The van der Waals surface area contributed by atoms with Crippen molar-refractivity contribution in [2.45, 2.75) is 18.9 Å². The maximum Gasteiger partial charge on any atom is 0.310 e. The number of ether oxygens (including phenoxy) is 1. The summed E-state index contributed by atoms with van der Waals surface area (Å²) in [5.74, 6) is -1.09. The van der Waals surface area contributed by atoms with Crippen LogP contribution in [-0.2, 0) is 9.53 Å². The maximum absolute atomic E-state index is 13.3. The fourth-order valence-electron chi connectivity index (χ4n) is 3.02. The second kappa shape index (κ2) is 5.31. The van der Waals surface area contributed by atoms with E-state index in [9.17, 15) is 14.0 Å². The summed E-state index contributed by atoms with van der Waals surface area (Å²) in [6.45, 7) is 0.345. The third-order valence-electron chi connectivity index (χ3n) is 4.17. The van der Waals surface area contributed by atoms with Crippen LogP contribution in [0.1, 0.15) is 28.8 Å². The molecule has 0 N–H and O–H groups in total. The van der Waals surface area contributed by atoms with Crippen LogP contribution in [0.2, 0.25) is 0 Å². The zero-order chi connectivity index (χ0) is 15.0. The molecule has 2 heterocycles. The first-order chi connectivity index (χ1) is 10.1. The van der Waals surface area contributed by atoms with Gasteiger partial charge >= 0.3 is 5.97 Å². The fraction of sp³-hybridized carbons (Fsp3) is 0.375. The zero-order valence-electron chi connectivity index (χ0n) is 11.7. The lowest BCUT2D eigenvalue weighted by Gasteiger charge is -2.36. The molecule has 5 heteroatoms. The molecule has 0 radical (unpaired) electrons. The molecule has 0 spiro atoms. The predicted molar refractivity (Wildman–Crippen MR) is 75.0 cm³/mol. The second-order valence-corrected chi connectivity index (χ2v) is 5.41. The lowest BCUT2D eigenvalue weighted by atomic mass is 9.92. The van der Waals surface area contributed by atoms with Gasteiger partial charge in [-0.3, -0.25) is 9.59 Å². The van der Waals surface area contributed by atoms with Gasteiger partial charge in [0.05, 0.1) is 19.1 Å². The van der Waals surface area contributed by atoms with Crippen LogP contribution in [0.25, 0.3) is 6.08 Å². The molecule has 0 aliphatic carbocycles. The Morgan fingerprint density at radius 1 is 1.38 bits per heavy atom. The molecule has 1 unspecified atom stereocenters. The first-order valence-electron chi connectivity index (χ1n) is 6.96. The van der Waals surface area contributed by atoms with Crippen LogP contribution < -0.4 is 0 Å². The van der Waals surface area contributed by atoms with Crippen LogP contribution in [-0.4, -0.2) is 36.5 Å². The van der Waals surface area contributed by atoms with Gasteiger partial charge < -0.3 is 9.64 Å². The summed E-state index contributed by atoms with van der Waals surface area (Å²) in [7, 11) is 1.36. The number of rotatable bonds is 1. The first kappa shape index (κ1) is 13.8. The van der Waals surface area contributed by atoms with E-state index < -0.39 is 0 Å². The third kappa shape index (κ3) is 2.44. The molecular weight excluding hydrogens is 273 g/mol. The Bertz CT molecular complexity index is 626. The maximum atomic E-state index is 13.3. The minimum absolute atomic E-state index is 0.0473. The van der Waals surface area contributed by atoms with E-state index in [0.717, 1.165) is 0 Å². The minimum atomic E-state index is -0.362. The van der Waals surface area contributed by atoms with Crippen molar-refractivity contribution in [1.82, 2.24) is 4.90 Å². The molecule has 2 atom stereocenters. The summed E-state index contributed by atoms with van der Waals surface area (Å²) >= 11 is 0. The van der Waals surface area contributed by atoms with Crippen LogP contribution in [0.3, 0.4) is 0 Å². The number of hydrogen-bond acceptors (Lipinski definition) is 3. The summed E-state index contributed by atoms with van der Waals surface area (Å²) in [5.41, 5.74) is 1.06. The van der Waals surface area contributed by atoms with Gasteiger partial charge in [-0.05, 0) is 36.6 Å². The number of esters is 1. The molecule has 1 aromatic carbocycles. The number of fused-ring (bicyclic) bond motifs is 2. The predicted octanol–water partition coefficient (Wildman–Crippen LogP) is 2.25. The monoisotopic (exact) mass is 289 g/mol. The van der Waals surface area contributed by atoms with Gasteiger partial charge in [-0.15, -0.1) is 0 Å². The lowest BCUT2D eigenvalue weighted by Crippen LogP contribution is -2.47. The normalized spacial score (nSPS) is 24.1. The molecule has 1 fully saturated rings. The van der Waals surface area contributed by atoms with Crippen molar-refractivity contribution in [3.63, 3.8) is 0 Å². The van der Waals surface area contributed by atoms with Crippen molar-refractivity contribution in [3.05, 3.63) is 41.2 Å². The summed E-state index contributed by atoms with van der Waals surface area (Å²) in [5, 5.41) is 0. The SMILES string of the molecule is COC(=O)C1CC[C@H]2C=Cc3cc(F)ccc3C(=O)N2C1. The molecule has 2 aliphatic heterocycles. The summed E-state index contributed by atoms with van der Waals surface area (Å²) in [6, 6.07) is 4.10. The molecular formula is C16H16FNO3. The standard InChI is InChI=1S/C16H16FNO3/c1-21-16(20)11-3-6-13-5-2-10-8-12(17)4-7-14(10)15(19)18(13)9-11/h2,4-5,7-8,11,13H,3,6,9H2,1H3/t11?,13-/m1/s1. The number of amides is 1. The highest BCUT2D eigenvalue weighted by molar-refractivity contribution is 5.99. The van der Waals surface area contributed by atoms with E-state index >= 15 is 0 Å². The molecule has 3 rings (SSSR count). The van der Waals surface area contributed by atoms with E-state index in [0.29, 0.717) is 30.5 Å². The van der Waals surface area contributed by atoms with Crippen LogP contribution in [0.15, 0.2) is 24.3 Å². The van der Waals surface area contributed by atoms with E-state index in [1.165, 1.54) is 25.3 Å². The fourth-order valence-corrected chi connectivity index (χ4v) is 3.02. The third-order valence-corrected chi connectivity index (χ3v) is 4.17. The Hall–Kier alpha value is -2.17. The van der Waals surface area contributed by atoms with Crippen molar-refractivity contribution < 1.29 is 18.7 Å². The van der Waals surface area contributed by atoms with Crippen molar-refractivity contribution >= 4 is 18.0 Å². The van der Waals surface area contributed by atoms with E-state index in [1.54, 1.807) is 11.0 Å².